The number of pyridine rings is 1. The van der Waals surface area contributed by atoms with Gasteiger partial charge in [-0.15, -0.1) is 0 Å². The summed E-state index contributed by atoms with van der Waals surface area (Å²) in [4.78, 5) is 21.6. The third kappa shape index (κ3) is 3.67. The SMILES string of the molecule is CCC1CCCCN1c1cncc(C(=O)N2CCC(C)CC2)c1. The molecule has 1 unspecified atom stereocenters. The minimum Gasteiger partial charge on any atom is -0.367 e. The molecule has 23 heavy (non-hydrogen) atoms. The number of carbonyl (C=O) groups is 1. The molecule has 0 aliphatic carbocycles. The van der Waals surface area contributed by atoms with E-state index in [9.17, 15) is 4.79 Å². The first-order valence-electron chi connectivity index (χ1n) is 9.20. The highest BCUT2D eigenvalue weighted by molar-refractivity contribution is 5.94. The number of carbonyl (C=O) groups excluding carboxylic acids is 1. The Morgan fingerprint density at radius 1 is 1.17 bits per heavy atom. The molecule has 2 fully saturated rings. The van der Waals surface area contributed by atoms with E-state index in [1.54, 1.807) is 6.20 Å². The maximum atomic E-state index is 12.8. The summed E-state index contributed by atoms with van der Waals surface area (Å²) < 4.78 is 0. The molecule has 1 aromatic rings. The molecule has 126 valence electrons. The Hall–Kier alpha value is -1.58. The first-order chi connectivity index (χ1) is 11.2. The Morgan fingerprint density at radius 2 is 1.96 bits per heavy atom. The highest BCUT2D eigenvalue weighted by Gasteiger charge is 2.24. The summed E-state index contributed by atoms with van der Waals surface area (Å²) >= 11 is 0. The fraction of sp³-hybridized carbons (Fsp3) is 0.684. The number of anilines is 1. The monoisotopic (exact) mass is 315 g/mol. The molecule has 2 aliphatic heterocycles. The Bertz CT molecular complexity index is 537. The lowest BCUT2D eigenvalue weighted by atomic mass is 9.98. The van der Waals surface area contributed by atoms with Gasteiger partial charge in [-0.2, -0.15) is 0 Å². The zero-order chi connectivity index (χ0) is 16.2. The van der Waals surface area contributed by atoms with Crippen LogP contribution in [0.5, 0.6) is 0 Å². The lowest BCUT2D eigenvalue weighted by Gasteiger charge is -2.37. The summed E-state index contributed by atoms with van der Waals surface area (Å²) in [6.45, 7) is 7.36. The van der Waals surface area contributed by atoms with E-state index >= 15 is 0 Å². The molecule has 2 aliphatic rings. The molecule has 4 heteroatoms. The molecule has 4 nitrogen and oxygen atoms in total. The lowest BCUT2D eigenvalue weighted by Crippen LogP contribution is -2.40. The zero-order valence-corrected chi connectivity index (χ0v) is 14.5. The van der Waals surface area contributed by atoms with Gasteiger partial charge in [0.05, 0.1) is 17.4 Å². The fourth-order valence-corrected chi connectivity index (χ4v) is 3.86. The van der Waals surface area contributed by atoms with Gasteiger partial charge in [0, 0.05) is 31.9 Å². The van der Waals surface area contributed by atoms with Gasteiger partial charge in [0.1, 0.15) is 0 Å². The summed E-state index contributed by atoms with van der Waals surface area (Å²) in [5.41, 5.74) is 1.87. The van der Waals surface area contributed by atoms with Gasteiger partial charge in [-0.3, -0.25) is 9.78 Å². The van der Waals surface area contributed by atoms with E-state index in [2.05, 4.69) is 29.8 Å². The van der Waals surface area contributed by atoms with Crippen molar-refractivity contribution in [1.29, 1.82) is 0 Å². The van der Waals surface area contributed by atoms with Crippen LogP contribution < -0.4 is 4.90 Å². The Morgan fingerprint density at radius 3 is 2.70 bits per heavy atom. The van der Waals surface area contributed by atoms with Crippen LogP contribution in [0.2, 0.25) is 0 Å². The van der Waals surface area contributed by atoms with Gasteiger partial charge in [0.15, 0.2) is 0 Å². The number of likely N-dealkylation sites (tertiary alicyclic amines) is 1. The van der Waals surface area contributed by atoms with Crippen molar-refractivity contribution >= 4 is 11.6 Å². The molecule has 1 atom stereocenters. The van der Waals surface area contributed by atoms with E-state index in [1.165, 1.54) is 19.3 Å². The number of amides is 1. The highest BCUT2D eigenvalue weighted by atomic mass is 16.2. The van der Waals surface area contributed by atoms with Gasteiger partial charge in [-0.1, -0.05) is 13.8 Å². The third-order valence-electron chi connectivity index (χ3n) is 5.47. The van der Waals surface area contributed by atoms with Crippen molar-refractivity contribution in [1.82, 2.24) is 9.88 Å². The molecule has 0 saturated carbocycles. The van der Waals surface area contributed by atoms with Crippen molar-refractivity contribution in [2.45, 2.75) is 58.4 Å². The third-order valence-corrected chi connectivity index (χ3v) is 5.47. The second-order valence-corrected chi connectivity index (χ2v) is 7.16. The Labute approximate surface area is 139 Å². The number of nitrogens with zero attached hydrogens (tertiary/aromatic N) is 3. The van der Waals surface area contributed by atoms with Crippen molar-refractivity contribution in [3.05, 3.63) is 24.0 Å². The van der Waals surface area contributed by atoms with Crippen molar-refractivity contribution in [3.8, 4) is 0 Å². The van der Waals surface area contributed by atoms with Crippen molar-refractivity contribution in [2.24, 2.45) is 5.92 Å². The van der Waals surface area contributed by atoms with E-state index in [0.717, 1.165) is 56.1 Å². The summed E-state index contributed by atoms with van der Waals surface area (Å²) in [7, 11) is 0. The van der Waals surface area contributed by atoms with Crippen LogP contribution in [0, 0.1) is 5.92 Å². The normalized spacial score (nSPS) is 23.1. The topological polar surface area (TPSA) is 36.4 Å². The largest absolute Gasteiger partial charge is 0.367 e. The fourth-order valence-electron chi connectivity index (χ4n) is 3.86. The first kappa shape index (κ1) is 16.3. The molecule has 3 heterocycles. The van der Waals surface area contributed by atoms with E-state index < -0.39 is 0 Å². The predicted molar refractivity (Wildman–Crippen MR) is 93.8 cm³/mol. The summed E-state index contributed by atoms with van der Waals surface area (Å²) in [6, 6.07) is 2.65. The van der Waals surface area contributed by atoms with Gasteiger partial charge in [0.25, 0.3) is 5.91 Å². The molecule has 3 rings (SSSR count). The second-order valence-electron chi connectivity index (χ2n) is 7.16. The summed E-state index contributed by atoms with van der Waals surface area (Å²) in [5.74, 6) is 0.887. The number of rotatable bonds is 3. The molecule has 0 spiro atoms. The molecule has 0 bridgehead atoms. The highest BCUT2D eigenvalue weighted by Crippen LogP contribution is 2.27. The molecular weight excluding hydrogens is 286 g/mol. The molecule has 1 aromatic heterocycles. The maximum Gasteiger partial charge on any atom is 0.255 e. The van der Waals surface area contributed by atoms with E-state index in [1.807, 2.05) is 11.1 Å². The molecule has 2 saturated heterocycles. The van der Waals surface area contributed by atoms with Crippen LogP contribution in [0.1, 0.15) is 62.7 Å². The van der Waals surface area contributed by atoms with Crippen molar-refractivity contribution in [3.63, 3.8) is 0 Å². The standard InChI is InChI=1S/C19H29N3O/c1-3-17-6-4-5-9-22(17)18-12-16(13-20-14-18)19(23)21-10-7-15(2)8-11-21/h12-15,17H,3-11H2,1-2H3. The summed E-state index contributed by atoms with van der Waals surface area (Å²) in [5, 5.41) is 0. The minimum atomic E-state index is 0.149. The van der Waals surface area contributed by atoms with Gasteiger partial charge in [-0.25, -0.2) is 0 Å². The number of aromatic nitrogens is 1. The molecule has 0 aromatic carbocycles. The van der Waals surface area contributed by atoms with Gasteiger partial charge >= 0.3 is 0 Å². The van der Waals surface area contributed by atoms with Crippen LogP contribution in [-0.4, -0.2) is 41.5 Å². The average Bonchev–Trinajstić information content (AvgIpc) is 2.62. The Kier molecular flexibility index (Phi) is 5.19. The van der Waals surface area contributed by atoms with Crippen LogP contribution in [0.15, 0.2) is 18.5 Å². The van der Waals surface area contributed by atoms with Crippen LogP contribution in [-0.2, 0) is 0 Å². The second kappa shape index (κ2) is 7.33. The average molecular weight is 315 g/mol. The number of hydrogen-bond acceptors (Lipinski definition) is 3. The van der Waals surface area contributed by atoms with Crippen LogP contribution >= 0.6 is 0 Å². The number of hydrogen-bond donors (Lipinski definition) is 0. The van der Waals surface area contributed by atoms with Gasteiger partial charge in [0.2, 0.25) is 0 Å². The zero-order valence-electron chi connectivity index (χ0n) is 14.5. The van der Waals surface area contributed by atoms with E-state index in [-0.39, 0.29) is 5.91 Å². The van der Waals surface area contributed by atoms with Crippen LogP contribution in [0.4, 0.5) is 5.69 Å². The van der Waals surface area contributed by atoms with Crippen molar-refractivity contribution < 1.29 is 4.79 Å². The van der Waals surface area contributed by atoms with E-state index in [4.69, 9.17) is 0 Å². The quantitative estimate of drug-likeness (QED) is 0.853. The Balaban J connectivity index is 1.75. The van der Waals surface area contributed by atoms with Crippen LogP contribution in [0.25, 0.3) is 0 Å². The first-order valence-corrected chi connectivity index (χ1v) is 9.20. The van der Waals surface area contributed by atoms with E-state index in [0.29, 0.717) is 6.04 Å². The van der Waals surface area contributed by atoms with Crippen molar-refractivity contribution in [2.75, 3.05) is 24.5 Å². The molecule has 0 N–H and O–H groups in total. The van der Waals surface area contributed by atoms with Crippen LogP contribution in [0.3, 0.4) is 0 Å². The lowest BCUT2D eigenvalue weighted by molar-refractivity contribution is 0.0697. The maximum absolute atomic E-state index is 12.8. The van der Waals surface area contributed by atoms with Gasteiger partial charge < -0.3 is 9.80 Å². The smallest absolute Gasteiger partial charge is 0.255 e. The predicted octanol–water partition coefficient (Wildman–Crippen LogP) is 3.72. The summed E-state index contributed by atoms with van der Waals surface area (Å²) in [6.07, 6.45) is 10.8. The molecule has 0 radical (unpaired) electrons. The number of piperidine rings is 2. The van der Waals surface area contributed by atoms with Gasteiger partial charge in [-0.05, 0) is 50.5 Å². The molecular formula is C19H29N3O. The molecule has 1 amide bonds. The minimum absolute atomic E-state index is 0.149.